The molecule has 1 aromatic rings. The minimum Gasteiger partial charge on any atom is -0.497 e. The number of methoxy groups -OCH3 is 1. The van der Waals surface area contributed by atoms with E-state index in [1.54, 1.807) is 31.0 Å². The summed E-state index contributed by atoms with van der Waals surface area (Å²) in [5.74, 6) is 0.990. The van der Waals surface area contributed by atoms with Crippen molar-refractivity contribution < 1.29 is 38.6 Å². The summed E-state index contributed by atoms with van der Waals surface area (Å²) in [7, 11) is 1.56. The number of carbonyl (C=O) groups excluding carboxylic acids is 5. The van der Waals surface area contributed by atoms with E-state index in [1.165, 1.54) is 11.8 Å². The first-order valence-electron chi connectivity index (χ1n) is 20.7. The van der Waals surface area contributed by atoms with Gasteiger partial charge in [0.2, 0.25) is 23.6 Å². The number of nitrogens with zero attached hydrogens (tertiary/aromatic N) is 2. The fourth-order valence-electron chi connectivity index (χ4n) is 7.48. The molecule has 0 aliphatic carbocycles. The van der Waals surface area contributed by atoms with E-state index in [9.17, 15) is 29.1 Å². The van der Waals surface area contributed by atoms with Gasteiger partial charge in [0.25, 0.3) is 0 Å². The molecule has 4 amide bonds. The predicted molar refractivity (Wildman–Crippen MR) is 226 cm³/mol. The first-order valence-corrected chi connectivity index (χ1v) is 21.7. The second-order valence-electron chi connectivity index (χ2n) is 17.8. The molecule has 3 heterocycles. The minimum absolute atomic E-state index is 0.107. The maximum atomic E-state index is 14.3. The number of esters is 1. The number of aliphatic hydroxyl groups excluding tert-OH is 1. The topological polar surface area (TPSA) is 176 Å². The van der Waals surface area contributed by atoms with Crippen LogP contribution in [0.5, 0.6) is 5.75 Å². The molecule has 1 aromatic carbocycles. The van der Waals surface area contributed by atoms with Crippen molar-refractivity contribution in [1.29, 1.82) is 0 Å². The van der Waals surface area contributed by atoms with Gasteiger partial charge in [-0.15, -0.1) is 24.1 Å². The van der Waals surface area contributed by atoms with Crippen molar-refractivity contribution in [3.63, 3.8) is 0 Å². The number of hydrogen-bond acceptors (Lipinski definition) is 10. The number of ether oxygens (including phenoxy) is 2. The van der Waals surface area contributed by atoms with Crippen LogP contribution in [0.4, 0.5) is 0 Å². The van der Waals surface area contributed by atoms with E-state index >= 15 is 0 Å². The van der Waals surface area contributed by atoms with Gasteiger partial charge in [0, 0.05) is 36.5 Å². The second-order valence-corrected chi connectivity index (χ2v) is 18.8. The molecule has 2 bridgehead atoms. The highest BCUT2D eigenvalue weighted by Crippen LogP contribution is 2.39. The Kier molecular flexibility index (Phi) is 16.3. The highest BCUT2D eigenvalue weighted by molar-refractivity contribution is 8.14. The van der Waals surface area contributed by atoms with Crippen molar-refractivity contribution in [3.8, 4) is 18.1 Å². The molecule has 3 aliphatic heterocycles. The lowest BCUT2D eigenvalue weighted by atomic mass is 9.78. The molecule has 0 saturated carbocycles. The van der Waals surface area contributed by atoms with E-state index in [2.05, 4.69) is 21.9 Å². The molecule has 0 aromatic heterocycles. The predicted octanol–water partition coefficient (Wildman–Crippen LogP) is 4.43. The van der Waals surface area contributed by atoms with Gasteiger partial charge >= 0.3 is 5.97 Å². The zero-order valence-corrected chi connectivity index (χ0v) is 36.6. The lowest BCUT2D eigenvalue weighted by Gasteiger charge is -2.36. The summed E-state index contributed by atoms with van der Waals surface area (Å²) in [5.41, 5.74) is -0.474. The Hall–Kier alpha value is -4.09. The van der Waals surface area contributed by atoms with Crippen molar-refractivity contribution in [2.75, 3.05) is 19.4 Å². The van der Waals surface area contributed by atoms with Gasteiger partial charge in [0.15, 0.2) is 0 Å². The Morgan fingerprint density at radius 2 is 1.76 bits per heavy atom. The highest BCUT2D eigenvalue weighted by atomic mass is 32.2. The quantitative estimate of drug-likeness (QED) is 0.247. The number of fused-ring (bicyclic) bond motifs is 2. The van der Waals surface area contributed by atoms with Crippen molar-refractivity contribution >= 4 is 46.4 Å². The number of aliphatic hydroxyl groups is 1. The van der Waals surface area contributed by atoms with E-state index in [4.69, 9.17) is 20.9 Å². The number of aliphatic imine (C=N–C) groups is 1. The maximum Gasteiger partial charge on any atom is 0.329 e. The molecule has 58 heavy (non-hydrogen) atoms. The van der Waals surface area contributed by atoms with Crippen molar-refractivity contribution in [2.45, 2.75) is 149 Å². The fourth-order valence-corrected chi connectivity index (χ4v) is 8.80. The first-order chi connectivity index (χ1) is 27.3. The van der Waals surface area contributed by atoms with Gasteiger partial charge in [0.05, 0.1) is 24.3 Å². The smallest absolute Gasteiger partial charge is 0.329 e. The van der Waals surface area contributed by atoms with E-state index in [-0.39, 0.29) is 37.1 Å². The van der Waals surface area contributed by atoms with Crippen LogP contribution in [0.3, 0.4) is 0 Å². The van der Waals surface area contributed by atoms with Gasteiger partial charge in [-0.2, -0.15) is 0 Å². The second kappa shape index (κ2) is 20.2. The molecular formula is C44H65N5O8S. The Labute approximate surface area is 349 Å². The van der Waals surface area contributed by atoms with Crippen LogP contribution in [0.25, 0.3) is 0 Å². The highest BCUT2D eigenvalue weighted by Gasteiger charge is 2.44. The number of nitrogens with one attached hydrogen (secondary N) is 3. The van der Waals surface area contributed by atoms with Crippen molar-refractivity contribution in [1.82, 2.24) is 20.9 Å². The summed E-state index contributed by atoms with van der Waals surface area (Å²) in [6.45, 7) is 15.4. The lowest BCUT2D eigenvalue weighted by molar-refractivity contribution is -0.164. The molecule has 4 N–H and O–H groups in total. The summed E-state index contributed by atoms with van der Waals surface area (Å²) in [6, 6.07) is 3.08. The van der Waals surface area contributed by atoms with Gasteiger partial charge in [-0.1, -0.05) is 67.0 Å². The average Bonchev–Trinajstić information content (AvgIpc) is 3.88. The normalized spacial score (nSPS) is 30.3. The van der Waals surface area contributed by atoms with Crippen LogP contribution in [-0.4, -0.2) is 106 Å². The number of amides is 4. The van der Waals surface area contributed by atoms with Crippen molar-refractivity contribution in [3.05, 3.63) is 29.8 Å². The molecule has 9 atom stereocenters. The van der Waals surface area contributed by atoms with Gasteiger partial charge in [-0.3, -0.25) is 24.2 Å². The summed E-state index contributed by atoms with van der Waals surface area (Å²) in [5, 5.41) is 20.9. The number of rotatable bonds is 5. The summed E-state index contributed by atoms with van der Waals surface area (Å²) in [6.07, 6.45) is 7.39. The lowest BCUT2D eigenvalue weighted by Crippen LogP contribution is -2.59. The van der Waals surface area contributed by atoms with Gasteiger partial charge in [-0.25, -0.2) is 4.79 Å². The van der Waals surface area contributed by atoms with Crippen LogP contribution in [0.15, 0.2) is 29.3 Å². The molecule has 4 rings (SSSR count). The summed E-state index contributed by atoms with van der Waals surface area (Å²) in [4.78, 5) is 75.8. The van der Waals surface area contributed by atoms with E-state index in [0.717, 1.165) is 10.6 Å². The van der Waals surface area contributed by atoms with Crippen LogP contribution in [-0.2, 0) is 35.1 Å². The molecule has 0 spiro atoms. The number of cyclic esters (lactones) is 1. The van der Waals surface area contributed by atoms with Gasteiger partial charge in [-0.05, 0) is 68.1 Å². The zero-order chi connectivity index (χ0) is 42.9. The molecule has 0 radical (unpaired) electrons. The average molecular weight is 824 g/mol. The molecule has 3 aliphatic rings. The molecular weight excluding hydrogens is 759 g/mol. The summed E-state index contributed by atoms with van der Waals surface area (Å²) >= 11 is 1.55. The van der Waals surface area contributed by atoms with Crippen LogP contribution in [0, 0.1) is 35.0 Å². The molecule has 13 nitrogen and oxygen atoms in total. The van der Waals surface area contributed by atoms with Crippen LogP contribution >= 0.6 is 11.8 Å². The van der Waals surface area contributed by atoms with Gasteiger partial charge in [0.1, 0.15) is 36.0 Å². The molecule has 0 unspecified atom stereocenters. The molecule has 320 valence electrons. The fraction of sp³-hybridized carbons (Fsp3) is 0.682. The standard InChI is InChI=1S/C44H65N5O8S/c1-11-26(3)37-40(54)49-21-13-14-33(49)41(55)57-35(43(5,6)7)24-28(12-2)23-34(50)44(8,9)42-46-30(25-58-42)17-20-36(51)47-32(39(53)45-27(4)38(52)48-37)22-29-15-18-31(56-10)19-16-29/h2,15-16,18-19,26-28,30,32-35,37,50H,11,13-14,17,20-25H2,1,3-10H3,(H,45,53)(H,47,51)(H,48,52)/t26-,27-,28-,30+,32-,33-,34-,35-,37-/m0/s1. The largest absolute Gasteiger partial charge is 0.497 e. The third kappa shape index (κ3) is 12.0. The van der Waals surface area contributed by atoms with Crippen LogP contribution in [0.1, 0.15) is 106 Å². The maximum absolute atomic E-state index is 14.3. The zero-order valence-electron chi connectivity index (χ0n) is 35.8. The van der Waals surface area contributed by atoms with Crippen LogP contribution in [0.2, 0.25) is 0 Å². The molecule has 1 fully saturated rings. The Balaban J connectivity index is 1.67. The third-order valence-corrected chi connectivity index (χ3v) is 13.3. The Morgan fingerprint density at radius 3 is 2.38 bits per heavy atom. The Morgan fingerprint density at radius 1 is 1.07 bits per heavy atom. The number of hydrogen-bond donors (Lipinski definition) is 4. The van der Waals surface area contributed by atoms with Crippen LogP contribution < -0.4 is 20.7 Å². The Bertz CT molecular complexity index is 1700. The van der Waals surface area contributed by atoms with E-state index < -0.39 is 76.8 Å². The number of thioether (sulfide) groups is 1. The van der Waals surface area contributed by atoms with Gasteiger partial charge < -0.3 is 35.4 Å². The minimum atomic E-state index is -1.06. The SMILES string of the molecule is C#C[C@@H]1C[C@@H](C(C)(C)C)OC(=O)[C@@H]2CCCN2C(=O)[C@H]([C@@H](C)CC)NC(=O)[C@H](C)NC(=O)[C@H](Cc2ccc(OC)cc2)NC(=O)CC[C@@H]2CSC(=N2)C(C)(C)[C@@H](O)C1. The molecule has 1 saturated heterocycles. The number of carbonyl (C=O) groups is 5. The van der Waals surface area contributed by atoms with E-state index in [1.807, 2.05) is 60.6 Å². The summed E-state index contributed by atoms with van der Waals surface area (Å²) < 4.78 is 11.5. The number of terminal acetylenes is 1. The number of benzene rings is 1. The monoisotopic (exact) mass is 823 g/mol. The molecule has 14 heteroatoms. The van der Waals surface area contributed by atoms with E-state index in [0.29, 0.717) is 50.2 Å². The van der Waals surface area contributed by atoms with Crippen molar-refractivity contribution in [2.24, 2.45) is 27.7 Å². The third-order valence-electron chi connectivity index (χ3n) is 11.9. The first kappa shape index (κ1) is 46.6.